The molecule has 2 amide bonds. The Morgan fingerprint density at radius 3 is 2.71 bits per heavy atom. The van der Waals surface area contributed by atoms with Gasteiger partial charge in [-0.15, -0.1) is 0 Å². The number of carbonyl (C=O) groups excluding carboxylic acids is 2. The first-order valence-electron chi connectivity index (χ1n) is 7.22. The first-order chi connectivity index (χ1) is 10.2. The van der Waals surface area contributed by atoms with Gasteiger partial charge < -0.3 is 15.5 Å². The minimum Gasteiger partial charge on any atom is -0.357 e. The molecule has 21 heavy (non-hydrogen) atoms. The van der Waals surface area contributed by atoms with E-state index in [0.717, 1.165) is 6.42 Å². The minimum atomic E-state index is -0.122. The molecule has 2 rings (SSSR count). The van der Waals surface area contributed by atoms with Gasteiger partial charge in [-0.3, -0.25) is 9.59 Å². The van der Waals surface area contributed by atoms with Crippen LogP contribution < -0.4 is 10.6 Å². The molecule has 0 aliphatic carbocycles. The van der Waals surface area contributed by atoms with Gasteiger partial charge in [0.1, 0.15) is 0 Å². The van der Waals surface area contributed by atoms with Crippen molar-refractivity contribution in [3.8, 4) is 0 Å². The number of carbonyl (C=O) groups is 2. The van der Waals surface area contributed by atoms with Gasteiger partial charge in [-0.25, -0.2) is 9.97 Å². The van der Waals surface area contributed by atoms with Crippen molar-refractivity contribution in [2.45, 2.75) is 19.8 Å². The van der Waals surface area contributed by atoms with Crippen LogP contribution in [0.1, 0.15) is 30.1 Å². The van der Waals surface area contributed by atoms with Crippen molar-refractivity contribution in [2.24, 2.45) is 5.92 Å². The number of anilines is 1. The number of hydrogen-bond acceptors (Lipinski definition) is 5. The number of likely N-dealkylation sites (tertiary alicyclic amines) is 1. The van der Waals surface area contributed by atoms with Gasteiger partial charge in [0.05, 0.1) is 11.5 Å². The first kappa shape index (κ1) is 15.2. The summed E-state index contributed by atoms with van der Waals surface area (Å²) in [5, 5.41) is 5.68. The highest BCUT2D eigenvalue weighted by Crippen LogP contribution is 2.18. The Balaban J connectivity index is 1.93. The van der Waals surface area contributed by atoms with Crippen LogP contribution in [-0.2, 0) is 4.79 Å². The molecule has 1 aliphatic rings. The summed E-state index contributed by atoms with van der Waals surface area (Å²) in [6.45, 7) is 3.75. The van der Waals surface area contributed by atoms with Crippen molar-refractivity contribution < 1.29 is 9.59 Å². The standard InChI is InChI=1S/C14H21N5O2/c1-3-5-16-12(20)10-4-6-19(9-10)13(21)11-7-17-14(15-2)18-8-11/h7-8,10H,3-6,9H2,1-2H3,(H,16,20)(H,15,17,18). The highest BCUT2D eigenvalue weighted by Gasteiger charge is 2.31. The lowest BCUT2D eigenvalue weighted by atomic mass is 10.1. The van der Waals surface area contributed by atoms with Crippen LogP contribution in [0.4, 0.5) is 5.95 Å². The van der Waals surface area contributed by atoms with Crippen molar-refractivity contribution in [2.75, 3.05) is 32.0 Å². The summed E-state index contributed by atoms with van der Waals surface area (Å²) in [5.41, 5.74) is 0.448. The molecule has 0 saturated carbocycles. The zero-order valence-corrected chi connectivity index (χ0v) is 12.4. The van der Waals surface area contributed by atoms with E-state index in [1.165, 1.54) is 12.4 Å². The molecule has 7 nitrogen and oxygen atoms in total. The molecule has 1 aliphatic heterocycles. The summed E-state index contributed by atoms with van der Waals surface area (Å²) in [4.78, 5) is 34.0. The van der Waals surface area contributed by atoms with Crippen LogP contribution in [0, 0.1) is 5.92 Å². The summed E-state index contributed by atoms with van der Waals surface area (Å²) in [6.07, 6.45) is 4.63. The maximum absolute atomic E-state index is 12.3. The molecular formula is C14H21N5O2. The molecule has 1 aromatic rings. The lowest BCUT2D eigenvalue weighted by Gasteiger charge is -2.16. The van der Waals surface area contributed by atoms with E-state index >= 15 is 0 Å². The molecule has 114 valence electrons. The van der Waals surface area contributed by atoms with Gasteiger partial charge in [0.25, 0.3) is 5.91 Å². The maximum Gasteiger partial charge on any atom is 0.257 e. The van der Waals surface area contributed by atoms with E-state index in [1.807, 2.05) is 6.92 Å². The fraction of sp³-hybridized carbons (Fsp3) is 0.571. The topological polar surface area (TPSA) is 87.2 Å². The van der Waals surface area contributed by atoms with Crippen LogP contribution >= 0.6 is 0 Å². The summed E-state index contributed by atoms with van der Waals surface area (Å²) in [6, 6.07) is 0. The zero-order valence-electron chi connectivity index (χ0n) is 12.4. The molecule has 0 aromatic carbocycles. The van der Waals surface area contributed by atoms with Crippen molar-refractivity contribution in [1.29, 1.82) is 0 Å². The Morgan fingerprint density at radius 1 is 1.38 bits per heavy atom. The molecule has 1 saturated heterocycles. The average molecular weight is 291 g/mol. The van der Waals surface area contributed by atoms with E-state index in [9.17, 15) is 9.59 Å². The summed E-state index contributed by atoms with van der Waals surface area (Å²) in [5.74, 6) is 0.278. The normalized spacial score (nSPS) is 17.6. The monoisotopic (exact) mass is 291 g/mol. The third-order valence-electron chi connectivity index (χ3n) is 3.52. The summed E-state index contributed by atoms with van der Waals surface area (Å²) >= 11 is 0. The van der Waals surface area contributed by atoms with Gasteiger partial charge >= 0.3 is 0 Å². The van der Waals surface area contributed by atoms with Crippen LogP contribution in [0.25, 0.3) is 0 Å². The molecule has 7 heteroatoms. The smallest absolute Gasteiger partial charge is 0.257 e. The number of rotatable bonds is 5. The van der Waals surface area contributed by atoms with Gasteiger partial charge in [0.15, 0.2) is 0 Å². The van der Waals surface area contributed by atoms with E-state index < -0.39 is 0 Å². The quantitative estimate of drug-likeness (QED) is 0.825. The van der Waals surface area contributed by atoms with Gasteiger partial charge in [-0.05, 0) is 12.8 Å². The van der Waals surface area contributed by atoms with Crippen molar-refractivity contribution in [3.63, 3.8) is 0 Å². The summed E-state index contributed by atoms with van der Waals surface area (Å²) < 4.78 is 0. The second kappa shape index (κ2) is 7.01. The van der Waals surface area contributed by atoms with Crippen LogP contribution in [0.3, 0.4) is 0 Å². The number of nitrogens with zero attached hydrogens (tertiary/aromatic N) is 3. The molecule has 1 aromatic heterocycles. The Morgan fingerprint density at radius 2 is 2.10 bits per heavy atom. The Kier molecular flexibility index (Phi) is 5.08. The van der Waals surface area contributed by atoms with Crippen molar-refractivity contribution in [3.05, 3.63) is 18.0 Å². The third-order valence-corrected chi connectivity index (χ3v) is 3.52. The molecule has 0 spiro atoms. The van der Waals surface area contributed by atoms with E-state index in [1.54, 1.807) is 11.9 Å². The molecule has 2 heterocycles. The van der Waals surface area contributed by atoms with E-state index in [0.29, 0.717) is 37.6 Å². The Labute approximate surface area is 124 Å². The Hall–Kier alpha value is -2.18. The Bertz CT molecular complexity index is 503. The van der Waals surface area contributed by atoms with Gasteiger partial charge in [0, 0.05) is 39.1 Å². The summed E-state index contributed by atoms with van der Waals surface area (Å²) in [7, 11) is 1.72. The van der Waals surface area contributed by atoms with Crippen LogP contribution in [-0.4, -0.2) is 53.4 Å². The minimum absolute atomic E-state index is 0.0360. The van der Waals surface area contributed by atoms with Gasteiger partial charge in [0.2, 0.25) is 11.9 Å². The van der Waals surface area contributed by atoms with Gasteiger partial charge in [-0.2, -0.15) is 0 Å². The second-order valence-corrected chi connectivity index (χ2v) is 5.07. The molecule has 1 unspecified atom stereocenters. The highest BCUT2D eigenvalue weighted by molar-refractivity contribution is 5.94. The molecule has 1 atom stereocenters. The van der Waals surface area contributed by atoms with Gasteiger partial charge in [-0.1, -0.05) is 6.92 Å². The van der Waals surface area contributed by atoms with Crippen LogP contribution in [0.5, 0.6) is 0 Å². The number of hydrogen-bond donors (Lipinski definition) is 2. The van der Waals surface area contributed by atoms with E-state index in [4.69, 9.17) is 0 Å². The third kappa shape index (κ3) is 3.68. The van der Waals surface area contributed by atoms with Crippen LogP contribution in [0.15, 0.2) is 12.4 Å². The lowest BCUT2D eigenvalue weighted by Crippen LogP contribution is -2.35. The average Bonchev–Trinajstić information content (AvgIpc) is 3.02. The van der Waals surface area contributed by atoms with E-state index in [-0.39, 0.29) is 17.7 Å². The zero-order chi connectivity index (χ0) is 15.2. The first-order valence-corrected chi connectivity index (χ1v) is 7.22. The maximum atomic E-state index is 12.3. The predicted octanol–water partition coefficient (Wildman–Crippen LogP) is 0.507. The highest BCUT2D eigenvalue weighted by atomic mass is 16.2. The molecular weight excluding hydrogens is 270 g/mol. The molecule has 0 bridgehead atoms. The lowest BCUT2D eigenvalue weighted by molar-refractivity contribution is -0.124. The second-order valence-electron chi connectivity index (χ2n) is 5.07. The number of aromatic nitrogens is 2. The van der Waals surface area contributed by atoms with Crippen LogP contribution in [0.2, 0.25) is 0 Å². The number of nitrogens with one attached hydrogen (secondary N) is 2. The number of amides is 2. The largest absolute Gasteiger partial charge is 0.357 e. The van der Waals surface area contributed by atoms with E-state index in [2.05, 4.69) is 20.6 Å². The predicted molar refractivity (Wildman–Crippen MR) is 78.9 cm³/mol. The van der Waals surface area contributed by atoms with Crippen molar-refractivity contribution >= 4 is 17.8 Å². The molecule has 2 N–H and O–H groups in total. The molecule has 1 fully saturated rings. The SMILES string of the molecule is CCCNC(=O)C1CCN(C(=O)c2cnc(NC)nc2)C1. The van der Waals surface area contributed by atoms with Crippen molar-refractivity contribution in [1.82, 2.24) is 20.2 Å². The molecule has 0 radical (unpaired) electrons. The fourth-order valence-electron chi connectivity index (χ4n) is 2.30. The fourth-order valence-corrected chi connectivity index (χ4v) is 2.30.